The molecule has 0 saturated carbocycles. The predicted octanol–water partition coefficient (Wildman–Crippen LogP) is 5.84. The fourth-order valence-corrected chi connectivity index (χ4v) is 6.80. The second-order valence-corrected chi connectivity index (χ2v) is 14.2. The first-order valence-electron chi connectivity index (χ1n) is 17.0. The van der Waals surface area contributed by atoms with Crippen molar-refractivity contribution in [3.8, 4) is 16.9 Å². The number of nitrogens with one attached hydrogen (secondary N) is 1. The number of esters is 1. The Kier molecular flexibility index (Phi) is 14.2. The SMILES string of the molecule is O=C(CCN1C(=O)/C(=C/c2ccc(OCCN3CCOCC3)c(-c3cc(C(F)(F)F)cc(C(F)(F)F)c3)c2)SC1=S)Nc1ccc(C(=O)OCC(O)CO)cc1. The Hall–Kier alpha value is -4.53. The molecule has 0 bridgehead atoms. The molecule has 0 aliphatic carbocycles. The number of benzene rings is 3. The van der Waals surface area contributed by atoms with Crippen molar-refractivity contribution in [3.05, 3.63) is 87.8 Å². The van der Waals surface area contributed by atoms with E-state index in [9.17, 15) is 45.8 Å². The molecule has 2 heterocycles. The number of rotatable bonds is 14. The number of hydrogen-bond acceptors (Lipinski definition) is 11. The van der Waals surface area contributed by atoms with Gasteiger partial charge in [0, 0.05) is 43.9 Å². The maximum atomic E-state index is 13.8. The van der Waals surface area contributed by atoms with Gasteiger partial charge in [-0.3, -0.25) is 19.4 Å². The zero-order valence-corrected chi connectivity index (χ0v) is 31.0. The maximum Gasteiger partial charge on any atom is 0.416 e. The number of alkyl halides is 6. The summed E-state index contributed by atoms with van der Waals surface area (Å²) in [6.07, 6.45) is -10.2. The van der Waals surface area contributed by atoms with Crippen LogP contribution in [-0.2, 0) is 31.4 Å². The molecule has 2 fully saturated rings. The highest BCUT2D eigenvalue weighted by atomic mass is 32.2. The number of ether oxygens (including phenoxy) is 3. The van der Waals surface area contributed by atoms with Crippen LogP contribution in [0.4, 0.5) is 32.0 Å². The number of thioether (sulfide) groups is 1. The van der Waals surface area contributed by atoms with E-state index in [-0.39, 0.29) is 57.3 Å². The number of halogens is 6. The highest BCUT2D eigenvalue weighted by Gasteiger charge is 2.37. The molecule has 11 nitrogen and oxygen atoms in total. The van der Waals surface area contributed by atoms with Gasteiger partial charge in [-0.2, -0.15) is 26.3 Å². The predicted molar refractivity (Wildman–Crippen MR) is 198 cm³/mol. The summed E-state index contributed by atoms with van der Waals surface area (Å²) in [5.41, 5.74) is -2.71. The minimum Gasteiger partial charge on any atom is -0.492 e. The number of anilines is 1. The highest BCUT2D eigenvalue weighted by Crippen LogP contribution is 2.42. The number of aliphatic hydroxyl groups excluding tert-OH is 2. The summed E-state index contributed by atoms with van der Waals surface area (Å²) in [5.74, 6) is -1.76. The fraction of sp³-hybridized carbons (Fsp3) is 0.351. The molecular weight excluding hydrogens is 793 g/mol. The van der Waals surface area contributed by atoms with Crippen LogP contribution in [-0.4, -0.2) is 107 Å². The molecule has 1 atom stereocenters. The van der Waals surface area contributed by atoms with Crippen LogP contribution in [0.25, 0.3) is 17.2 Å². The van der Waals surface area contributed by atoms with Gasteiger partial charge < -0.3 is 29.7 Å². The second kappa shape index (κ2) is 18.6. The van der Waals surface area contributed by atoms with Gasteiger partial charge in [-0.25, -0.2) is 4.79 Å². The third-order valence-corrected chi connectivity index (χ3v) is 9.80. The summed E-state index contributed by atoms with van der Waals surface area (Å²) in [6, 6.07) is 11.2. The molecule has 3 aromatic carbocycles. The van der Waals surface area contributed by atoms with Gasteiger partial charge in [-0.1, -0.05) is 30.0 Å². The smallest absolute Gasteiger partial charge is 0.416 e. The monoisotopic (exact) mass is 827 g/mol. The summed E-state index contributed by atoms with van der Waals surface area (Å²) in [7, 11) is 0. The van der Waals surface area contributed by atoms with Crippen LogP contribution in [0.3, 0.4) is 0 Å². The molecule has 3 aromatic rings. The Morgan fingerprint density at radius 3 is 2.25 bits per heavy atom. The number of carbonyl (C=O) groups excluding carboxylic acids is 3. The lowest BCUT2D eigenvalue weighted by atomic mass is 9.96. The van der Waals surface area contributed by atoms with Crippen LogP contribution in [0.15, 0.2) is 65.6 Å². The van der Waals surface area contributed by atoms with Gasteiger partial charge in [0.15, 0.2) is 0 Å². The van der Waals surface area contributed by atoms with E-state index >= 15 is 0 Å². The molecule has 0 radical (unpaired) electrons. The van der Waals surface area contributed by atoms with Crippen molar-refractivity contribution in [2.75, 3.05) is 64.5 Å². The normalized spacial score (nSPS) is 16.6. The minimum absolute atomic E-state index is 0.0360. The zero-order chi connectivity index (χ0) is 40.6. The third kappa shape index (κ3) is 11.5. The Morgan fingerprint density at radius 2 is 1.62 bits per heavy atom. The van der Waals surface area contributed by atoms with Crippen LogP contribution in [0.5, 0.6) is 5.75 Å². The van der Waals surface area contributed by atoms with E-state index in [2.05, 4.69) is 5.32 Å². The van der Waals surface area contributed by atoms with Crippen molar-refractivity contribution >= 4 is 57.8 Å². The van der Waals surface area contributed by atoms with Crippen molar-refractivity contribution in [1.29, 1.82) is 0 Å². The van der Waals surface area contributed by atoms with Crippen LogP contribution in [0.1, 0.15) is 33.5 Å². The van der Waals surface area contributed by atoms with E-state index in [1.807, 2.05) is 4.90 Å². The Labute approximate surface area is 326 Å². The highest BCUT2D eigenvalue weighted by molar-refractivity contribution is 8.26. The van der Waals surface area contributed by atoms with E-state index in [4.69, 9.17) is 31.5 Å². The van der Waals surface area contributed by atoms with Gasteiger partial charge in [0.25, 0.3) is 5.91 Å². The van der Waals surface area contributed by atoms with Crippen LogP contribution in [0.2, 0.25) is 0 Å². The van der Waals surface area contributed by atoms with Gasteiger partial charge in [0.1, 0.15) is 29.4 Å². The molecule has 3 N–H and O–H groups in total. The molecule has 19 heteroatoms. The molecule has 300 valence electrons. The topological polar surface area (TPSA) is 138 Å². The number of amides is 2. The molecule has 2 aliphatic heterocycles. The number of morpholine rings is 1. The molecule has 1 unspecified atom stereocenters. The number of carbonyl (C=O) groups is 3. The summed E-state index contributed by atoms with van der Waals surface area (Å²) in [6.45, 7) is 1.73. The van der Waals surface area contributed by atoms with Crippen molar-refractivity contribution < 1.29 is 65.1 Å². The van der Waals surface area contributed by atoms with E-state index < -0.39 is 66.1 Å². The maximum absolute atomic E-state index is 13.8. The fourth-order valence-electron chi connectivity index (χ4n) is 5.49. The van der Waals surface area contributed by atoms with E-state index in [0.717, 1.165) is 11.8 Å². The Morgan fingerprint density at radius 1 is 0.964 bits per heavy atom. The number of hydrogen-bond donors (Lipinski definition) is 3. The standard InChI is InChI=1S/C37H35F6N3O8S2/c38-36(39,40)25-17-24(18-26(19-25)37(41,42)43)29-15-22(1-6-30(29)53-14-11-45-9-12-52-13-10-45)16-31-33(50)46(35(55)56-31)8-7-32(49)44-27-4-2-23(3-5-27)34(51)54-21-28(48)20-47/h1-6,15-19,28,47-48H,7-14,20-21H2,(H,44,49)/b31-16-. The van der Waals surface area contributed by atoms with Crippen LogP contribution < -0.4 is 10.1 Å². The largest absolute Gasteiger partial charge is 0.492 e. The summed E-state index contributed by atoms with van der Waals surface area (Å²) >= 11 is 6.29. The lowest BCUT2D eigenvalue weighted by Crippen LogP contribution is -2.38. The quantitative estimate of drug-likeness (QED) is 0.0783. The average Bonchev–Trinajstić information content (AvgIpc) is 3.43. The number of aliphatic hydroxyl groups is 2. The molecule has 5 rings (SSSR count). The van der Waals surface area contributed by atoms with Crippen molar-refractivity contribution in [1.82, 2.24) is 9.80 Å². The molecule has 2 amide bonds. The van der Waals surface area contributed by atoms with E-state index in [0.29, 0.717) is 50.7 Å². The van der Waals surface area contributed by atoms with E-state index in [1.54, 1.807) is 0 Å². The Balaban J connectivity index is 1.31. The summed E-state index contributed by atoms with van der Waals surface area (Å²) < 4.78 is 99.1. The van der Waals surface area contributed by atoms with Gasteiger partial charge in [-0.05, 0) is 71.8 Å². The number of nitrogens with zero attached hydrogens (tertiary/aromatic N) is 2. The molecule has 2 saturated heterocycles. The zero-order valence-electron chi connectivity index (χ0n) is 29.3. The van der Waals surface area contributed by atoms with Crippen LogP contribution in [0, 0.1) is 0 Å². The van der Waals surface area contributed by atoms with Gasteiger partial charge in [-0.15, -0.1) is 0 Å². The first-order chi connectivity index (χ1) is 26.5. The lowest BCUT2D eigenvalue weighted by Gasteiger charge is -2.26. The van der Waals surface area contributed by atoms with E-state index in [1.165, 1.54) is 53.4 Å². The molecular formula is C37H35F6N3O8S2. The third-order valence-electron chi connectivity index (χ3n) is 8.43. The van der Waals surface area contributed by atoms with Crippen molar-refractivity contribution in [2.24, 2.45) is 0 Å². The van der Waals surface area contributed by atoms with Crippen molar-refractivity contribution in [3.63, 3.8) is 0 Å². The van der Waals surface area contributed by atoms with Crippen LogP contribution >= 0.6 is 24.0 Å². The lowest BCUT2D eigenvalue weighted by molar-refractivity contribution is -0.143. The first kappa shape index (κ1) is 42.6. The molecule has 2 aliphatic rings. The van der Waals surface area contributed by atoms with Gasteiger partial charge in [0.2, 0.25) is 5.91 Å². The summed E-state index contributed by atoms with van der Waals surface area (Å²) in [5, 5.41) is 20.8. The van der Waals surface area contributed by atoms with Crippen molar-refractivity contribution in [2.45, 2.75) is 24.9 Å². The summed E-state index contributed by atoms with van der Waals surface area (Å²) in [4.78, 5) is 41.5. The van der Waals surface area contributed by atoms with Gasteiger partial charge >= 0.3 is 18.3 Å². The Bertz CT molecular complexity index is 1920. The number of thiocarbonyl (C=S) groups is 1. The molecule has 0 aromatic heterocycles. The van der Waals surface area contributed by atoms with Gasteiger partial charge in [0.05, 0.1) is 41.4 Å². The molecule has 56 heavy (non-hydrogen) atoms. The second-order valence-electron chi connectivity index (χ2n) is 12.5. The molecule has 0 spiro atoms. The average molecular weight is 828 g/mol. The minimum atomic E-state index is -5.08. The first-order valence-corrected chi connectivity index (χ1v) is 18.2.